The van der Waals surface area contributed by atoms with E-state index < -0.39 is 5.97 Å². The average molecular weight is 196 g/mol. The lowest BCUT2D eigenvalue weighted by molar-refractivity contribution is 0.0671. The summed E-state index contributed by atoms with van der Waals surface area (Å²) < 4.78 is 6.50. The second kappa shape index (κ2) is 3.22. The van der Waals surface area contributed by atoms with Gasteiger partial charge in [0.25, 0.3) is 5.56 Å². The molecule has 6 heteroatoms. The number of hydrogen-bond donors (Lipinski definition) is 1. The lowest BCUT2D eigenvalue weighted by atomic mass is 10.3. The number of aromatic carboxylic acids is 1. The number of carboxylic acids is 1. The van der Waals surface area contributed by atoms with Crippen molar-refractivity contribution >= 4 is 5.97 Å². The fourth-order valence-corrected chi connectivity index (χ4v) is 1.33. The summed E-state index contributed by atoms with van der Waals surface area (Å²) in [4.78, 5) is 25.8. The van der Waals surface area contributed by atoms with Crippen LogP contribution in [0.1, 0.15) is 16.3 Å². The Kier molecular flexibility index (Phi) is 2.05. The van der Waals surface area contributed by atoms with Gasteiger partial charge < -0.3 is 9.84 Å². The van der Waals surface area contributed by atoms with E-state index in [1.165, 1.54) is 4.57 Å². The molecule has 1 aliphatic heterocycles. The third kappa shape index (κ3) is 1.39. The first-order chi connectivity index (χ1) is 6.68. The molecule has 0 unspecified atom stereocenters. The number of carbonyl (C=O) groups is 1. The Bertz CT molecular complexity index is 437. The van der Waals surface area contributed by atoms with Crippen LogP contribution < -0.4 is 5.56 Å². The second-order valence-electron chi connectivity index (χ2n) is 2.91. The number of ether oxygens (including phenoxy) is 1. The van der Waals surface area contributed by atoms with Crippen LogP contribution in [0.5, 0.6) is 0 Å². The topological polar surface area (TPSA) is 81.4 Å². The summed E-state index contributed by atoms with van der Waals surface area (Å²) in [5, 5.41) is 8.66. The molecule has 0 spiro atoms. The quantitative estimate of drug-likeness (QED) is 0.653. The van der Waals surface area contributed by atoms with E-state index >= 15 is 0 Å². The van der Waals surface area contributed by atoms with Crippen LogP contribution in [0.25, 0.3) is 0 Å². The largest absolute Gasteiger partial charge is 0.477 e. The molecule has 0 saturated carbocycles. The van der Waals surface area contributed by atoms with Gasteiger partial charge in [0.15, 0.2) is 5.69 Å². The van der Waals surface area contributed by atoms with E-state index in [1.54, 1.807) is 0 Å². The van der Waals surface area contributed by atoms with Crippen LogP contribution >= 0.6 is 0 Å². The molecule has 0 atom stereocenters. The van der Waals surface area contributed by atoms with Crippen LogP contribution in [0.3, 0.4) is 0 Å². The third-order valence-electron chi connectivity index (χ3n) is 2.00. The normalized spacial score (nSPS) is 14.9. The van der Waals surface area contributed by atoms with Crippen molar-refractivity contribution in [2.45, 2.75) is 13.2 Å². The van der Waals surface area contributed by atoms with Crippen LogP contribution in [0.15, 0.2) is 10.9 Å². The Morgan fingerprint density at radius 3 is 3.14 bits per heavy atom. The maximum atomic E-state index is 11.4. The lowest BCUT2D eigenvalue weighted by Gasteiger charge is -2.17. The first-order valence-corrected chi connectivity index (χ1v) is 4.10. The van der Waals surface area contributed by atoms with Gasteiger partial charge in [-0.1, -0.05) is 0 Å². The van der Waals surface area contributed by atoms with Crippen molar-refractivity contribution in [3.8, 4) is 0 Å². The summed E-state index contributed by atoms with van der Waals surface area (Å²) in [6, 6.07) is 1.02. The first kappa shape index (κ1) is 8.89. The number of aromatic nitrogens is 2. The van der Waals surface area contributed by atoms with Gasteiger partial charge in [-0.25, -0.2) is 9.78 Å². The lowest BCUT2D eigenvalue weighted by Crippen LogP contribution is -2.32. The van der Waals surface area contributed by atoms with E-state index in [0.29, 0.717) is 19.0 Å². The molecule has 0 amide bonds. The van der Waals surface area contributed by atoms with Crippen molar-refractivity contribution in [3.05, 3.63) is 27.9 Å². The molecular weight excluding hydrogens is 188 g/mol. The second-order valence-corrected chi connectivity index (χ2v) is 2.91. The monoisotopic (exact) mass is 196 g/mol. The maximum Gasteiger partial charge on any atom is 0.354 e. The van der Waals surface area contributed by atoms with Crippen molar-refractivity contribution in [3.63, 3.8) is 0 Å². The highest BCUT2D eigenvalue weighted by Crippen LogP contribution is 2.03. The number of hydrogen-bond acceptors (Lipinski definition) is 4. The zero-order valence-electron chi connectivity index (χ0n) is 7.27. The van der Waals surface area contributed by atoms with Crippen molar-refractivity contribution < 1.29 is 14.6 Å². The predicted molar refractivity (Wildman–Crippen MR) is 45.1 cm³/mol. The van der Waals surface area contributed by atoms with Gasteiger partial charge in [0.1, 0.15) is 12.4 Å². The Balaban J connectivity index is 2.57. The van der Waals surface area contributed by atoms with Crippen molar-refractivity contribution in [1.82, 2.24) is 9.55 Å². The molecule has 2 heterocycles. The van der Waals surface area contributed by atoms with Gasteiger partial charge in [-0.05, 0) is 0 Å². The van der Waals surface area contributed by atoms with Gasteiger partial charge >= 0.3 is 5.97 Å². The highest BCUT2D eigenvalue weighted by Gasteiger charge is 2.15. The summed E-state index contributed by atoms with van der Waals surface area (Å²) in [6.45, 7) is 1.08. The van der Waals surface area contributed by atoms with Gasteiger partial charge in [0.05, 0.1) is 13.2 Å². The fourth-order valence-electron chi connectivity index (χ4n) is 1.33. The van der Waals surface area contributed by atoms with Gasteiger partial charge in [-0.2, -0.15) is 0 Å². The molecule has 1 aromatic heterocycles. The minimum absolute atomic E-state index is 0.191. The van der Waals surface area contributed by atoms with Crippen LogP contribution in [-0.4, -0.2) is 27.2 Å². The molecule has 1 aliphatic rings. The summed E-state index contributed by atoms with van der Waals surface area (Å²) in [5.41, 5.74) is -0.567. The molecule has 0 bridgehead atoms. The van der Waals surface area contributed by atoms with Crippen LogP contribution in [0.4, 0.5) is 0 Å². The Hall–Kier alpha value is -1.69. The van der Waals surface area contributed by atoms with Crippen molar-refractivity contribution in [2.24, 2.45) is 0 Å². The van der Waals surface area contributed by atoms with Gasteiger partial charge in [0.2, 0.25) is 0 Å². The summed E-state index contributed by atoms with van der Waals surface area (Å²) in [6.07, 6.45) is 0. The zero-order chi connectivity index (χ0) is 10.1. The van der Waals surface area contributed by atoms with Gasteiger partial charge in [0, 0.05) is 6.07 Å². The molecule has 0 radical (unpaired) electrons. The number of nitrogens with zero attached hydrogens (tertiary/aromatic N) is 2. The molecule has 0 fully saturated rings. The summed E-state index contributed by atoms with van der Waals surface area (Å²) in [7, 11) is 0. The Morgan fingerprint density at radius 1 is 1.64 bits per heavy atom. The summed E-state index contributed by atoms with van der Waals surface area (Å²) in [5.74, 6) is -0.822. The fraction of sp³-hybridized carbons (Fsp3) is 0.375. The molecule has 0 aliphatic carbocycles. The number of carboxylic acid groups (broad SMARTS) is 1. The highest BCUT2D eigenvalue weighted by atomic mass is 16.5. The zero-order valence-corrected chi connectivity index (χ0v) is 7.27. The van der Waals surface area contributed by atoms with Crippen LogP contribution in [-0.2, 0) is 17.9 Å². The van der Waals surface area contributed by atoms with E-state index in [9.17, 15) is 9.59 Å². The molecule has 1 N–H and O–H groups in total. The molecule has 2 rings (SSSR count). The Labute approximate surface area is 78.8 Å². The molecule has 6 nitrogen and oxygen atoms in total. The first-order valence-electron chi connectivity index (χ1n) is 4.10. The minimum Gasteiger partial charge on any atom is -0.477 e. The number of rotatable bonds is 1. The maximum absolute atomic E-state index is 11.4. The van der Waals surface area contributed by atoms with Crippen LogP contribution in [0.2, 0.25) is 0 Å². The van der Waals surface area contributed by atoms with E-state index in [4.69, 9.17) is 9.84 Å². The molecule has 0 saturated heterocycles. The summed E-state index contributed by atoms with van der Waals surface area (Å²) >= 11 is 0. The SMILES string of the molecule is O=C(O)c1cc(=O)n2c(n1)COCC2. The molecule has 14 heavy (non-hydrogen) atoms. The van der Waals surface area contributed by atoms with E-state index in [1.807, 2.05) is 0 Å². The van der Waals surface area contributed by atoms with E-state index in [0.717, 1.165) is 6.07 Å². The Morgan fingerprint density at radius 2 is 2.43 bits per heavy atom. The number of fused-ring (bicyclic) bond motifs is 1. The minimum atomic E-state index is -1.20. The van der Waals surface area contributed by atoms with Crippen molar-refractivity contribution in [1.29, 1.82) is 0 Å². The molecule has 0 aromatic carbocycles. The molecular formula is C8H8N2O4. The highest BCUT2D eigenvalue weighted by molar-refractivity contribution is 5.85. The van der Waals surface area contributed by atoms with Crippen molar-refractivity contribution in [2.75, 3.05) is 6.61 Å². The van der Waals surface area contributed by atoms with E-state index in [-0.39, 0.29) is 17.9 Å². The van der Waals surface area contributed by atoms with Gasteiger partial charge in [-0.15, -0.1) is 0 Å². The average Bonchev–Trinajstić information content (AvgIpc) is 2.17. The predicted octanol–water partition coefficient (Wildman–Crippen LogP) is -0.528. The van der Waals surface area contributed by atoms with E-state index in [2.05, 4.69) is 4.98 Å². The third-order valence-corrected chi connectivity index (χ3v) is 2.00. The van der Waals surface area contributed by atoms with Crippen LogP contribution in [0, 0.1) is 0 Å². The molecule has 74 valence electrons. The molecule has 1 aromatic rings. The smallest absolute Gasteiger partial charge is 0.354 e. The standard InChI is InChI=1S/C8H8N2O4/c11-7-3-5(8(12)13)9-6-4-14-2-1-10(6)7/h3H,1-2,4H2,(H,12,13). The van der Waals surface area contributed by atoms with Gasteiger partial charge in [-0.3, -0.25) is 9.36 Å².